The van der Waals surface area contributed by atoms with Gasteiger partial charge in [0.25, 0.3) is 0 Å². The van der Waals surface area contributed by atoms with Gasteiger partial charge in [-0.1, -0.05) is 24.3 Å². The summed E-state index contributed by atoms with van der Waals surface area (Å²) in [5, 5.41) is 8.64. The number of carbonyl (C=O) groups is 2. The van der Waals surface area contributed by atoms with Gasteiger partial charge in [-0.15, -0.1) is 0 Å². The molecule has 10 heteroatoms. The van der Waals surface area contributed by atoms with Crippen LogP contribution in [0.1, 0.15) is 27.9 Å². The number of carboxylic acids is 1. The highest BCUT2D eigenvalue weighted by molar-refractivity contribution is 7.89. The van der Waals surface area contributed by atoms with E-state index in [-0.39, 0.29) is 12.0 Å². The SMILES string of the molecule is O=C(O)CCc1ccc(C(=O)CNS(=O)(=O)c2ccc(C(F)(F)F)cc2)cc1. The molecule has 2 aromatic rings. The molecule has 0 bridgehead atoms. The first-order chi connectivity index (χ1) is 13.0. The molecular formula is C18H16F3NO5S. The molecule has 2 aromatic carbocycles. The van der Waals surface area contributed by atoms with Crippen molar-refractivity contribution in [1.29, 1.82) is 0 Å². The van der Waals surface area contributed by atoms with Crippen LogP contribution in [0.15, 0.2) is 53.4 Å². The van der Waals surface area contributed by atoms with E-state index < -0.39 is 45.0 Å². The maximum Gasteiger partial charge on any atom is 0.416 e. The summed E-state index contributed by atoms with van der Waals surface area (Å²) in [6.45, 7) is -0.572. The predicted octanol–water partition coefficient (Wildman–Crippen LogP) is 2.88. The number of alkyl halides is 3. The Morgan fingerprint density at radius 3 is 2.04 bits per heavy atom. The Kier molecular flexibility index (Phi) is 6.57. The Morgan fingerprint density at radius 1 is 0.964 bits per heavy atom. The van der Waals surface area contributed by atoms with Crippen molar-refractivity contribution in [2.45, 2.75) is 23.9 Å². The molecule has 0 heterocycles. The Labute approximate surface area is 159 Å². The summed E-state index contributed by atoms with van der Waals surface area (Å²) in [6.07, 6.45) is -4.34. The van der Waals surface area contributed by atoms with Crippen molar-refractivity contribution in [3.05, 3.63) is 65.2 Å². The monoisotopic (exact) mass is 415 g/mol. The summed E-state index contributed by atoms with van der Waals surface area (Å²) in [6, 6.07) is 8.96. The molecule has 2 N–H and O–H groups in total. The summed E-state index contributed by atoms with van der Waals surface area (Å²) in [5.74, 6) is -1.49. The van der Waals surface area contributed by atoms with E-state index in [1.54, 1.807) is 12.1 Å². The Bertz CT molecular complexity index is 952. The number of ketones is 1. The van der Waals surface area contributed by atoms with Crippen molar-refractivity contribution in [3.8, 4) is 0 Å². The van der Waals surface area contributed by atoms with E-state index in [0.717, 1.165) is 12.1 Å². The molecule has 0 aliphatic carbocycles. The Hall–Kier alpha value is -2.72. The number of aliphatic carboxylic acids is 1. The van der Waals surface area contributed by atoms with Crippen LogP contribution in [0.5, 0.6) is 0 Å². The van der Waals surface area contributed by atoms with Crippen molar-refractivity contribution in [2.75, 3.05) is 6.54 Å². The molecule has 0 spiro atoms. The third-order valence-electron chi connectivity index (χ3n) is 3.82. The van der Waals surface area contributed by atoms with Gasteiger partial charge in [-0.3, -0.25) is 9.59 Å². The van der Waals surface area contributed by atoms with Crippen LogP contribution in [0.4, 0.5) is 13.2 Å². The lowest BCUT2D eigenvalue weighted by atomic mass is 10.1. The van der Waals surface area contributed by atoms with E-state index in [4.69, 9.17) is 5.11 Å². The molecular weight excluding hydrogens is 399 g/mol. The number of hydrogen-bond donors (Lipinski definition) is 2. The number of halogens is 3. The fourth-order valence-electron chi connectivity index (χ4n) is 2.28. The molecule has 0 fully saturated rings. The number of nitrogens with one attached hydrogen (secondary N) is 1. The van der Waals surface area contributed by atoms with Crippen LogP contribution >= 0.6 is 0 Å². The van der Waals surface area contributed by atoms with Gasteiger partial charge < -0.3 is 5.11 Å². The number of carboxylic acid groups (broad SMARTS) is 1. The zero-order valence-corrected chi connectivity index (χ0v) is 15.2. The quantitative estimate of drug-likeness (QED) is 0.646. The molecule has 0 radical (unpaired) electrons. The fraction of sp³-hybridized carbons (Fsp3) is 0.222. The lowest BCUT2D eigenvalue weighted by molar-refractivity contribution is -0.138. The molecule has 0 aliphatic rings. The third-order valence-corrected chi connectivity index (χ3v) is 5.24. The Morgan fingerprint density at radius 2 is 1.54 bits per heavy atom. The smallest absolute Gasteiger partial charge is 0.416 e. The fourth-order valence-corrected chi connectivity index (χ4v) is 3.26. The second-order valence-corrected chi connectivity index (χ2v) is 7.63. The van der Waals surface area contributed by atoms with Crippen molar-refractivity contribution < 1.29 is 36.3 Å². The summed E-state index contributed by atoms with van der Waals surface area (Å²) < 4.78 is 63.9. The van der Waals surface area contributed by atoms with Crippen LogP contribution in [0.25, 0.3) is 0 Å². The number of hydrogen-bond acceptors (Lipinski definition) is 4. The number of sulfonamides is 1. The average molecular weight is 415 g/mol. The van der Waals surface area contributed by atoms with Crippen LogP contribution in [0, 0.1) is 0 Å². The van der Waals surface area contributed by atoms with Gasteiger partial charge in [-0.25, -0.2) is 13.1 Å². The molecule has 0 saturated heterocycles. The number of Topliss-reactive ketones (excluding diaryl/α,β-unsaturated/α-hetero) is 1. The zero-order valence-electron chi connectivity index (χ0n) is 14.4. The van der Waals surface area contributed by atoms with Gasteiger partial charge in [0.15, 0.2) is 5.78 Å². The van der Waals surface area contributed by atoms with Gasteiger partial charge in [0.2, 0.25) is 10.0 Å². The molecule has 0 aromatic heterocycles. The van der Waals surface area contributed by atoms with Gasteiger partial charge in [-0.2, -0.15) is 13.2 Å². The third kappa shape index (κ3) is 5.89. The highest BCUT2D eigenvalue weighted by atomic mass is 32.2. The number of carbonyl (C=O) groups excluding carboxylic acids is 1. The molecule has 150 valence electrons. The van der Waals surface area contributed by atoms with E-state index in [2.05, 4.69) is 4.72 Å². The standard InChI is InChI=1S/C18H16F3NO5S/c19-18(20,21)14-6-8-15(9-7-14)28(26,27)22-11-16(23)13-4-1-12(2-5-13)3-10-17(24)25/h1-2,4-9,22H,3,10-11H2,(H,24,25). The average Bonchev–Trinajstić information content (AvgIpc) is 2.64. The molecule has 0 aliphatic heterocycles. The molecule has 0 amide bonds. The first kappa shape index (κ1) is 21.6. The molecule has 0 saturated carbocycles. The van der Waals surface area contributed by atoms with E-state index in [0.29, 0.717) is 24.1 Å². The van der Waals surface area contributed by atoms with E-state index in [9.17, 15) is 31.2 Å². The number of rotatable bonds is 8. The van der Waals surface area contributed by atoms with Crippen molar-refractivity contribution in [1.82, 2.24) is 4.72 Å². The lowest BCUT2D eigenvalue weighted by Crippen LogP contribution is -2.29. The summed E-state index contributed by atoms with van der Waals surface area (Å²) in [7, 11) is -4.16. The predicted molar refractivity (Wildman–Crippen MR) is 93.4 cm³/mol. The van der Waals surface area contributed by atoms with Gasteiger partial charge in [0, 0.05) is 12.0 Å². The minimum Gasteiger partial charge on any atom is -0.481 e. The van der Waals surface area contributed by atoms with Gasteiger partial charge in [0.05, 0.1) is 17.0 Å². The first-order valence-electron chi connectivity index (χ1n) is 8.00. The van der Waals surface area contributed by atoms with E-state index in [1.165, 1.54) is 12.1 Å². The van der Waals surface area contributed by atoms with Crippen molar-refractivity contribution in [3.63, 3.8) is 0 Å². The Balaban J connectivity index is 2.00. The minimum atomic E-state index is -4.58. The van der Waals surface area contributed by atoms with Crippen LogP contribution in [-0.4, -0.2) is 31.8 Å². The minimum absolute atomic E-state index is 0.0553. The van der Waals surface area contributed by atoms with Gasteiger partial charge in [0.1, 0.15) is 0 Å². The molecule has 0 atom stereocenters. The summed E-state index contributed by atoms with van der Waals surface area (Å²) in [4.78, 5) is 22.3. The maximum absolute atomic E-state index is 12.5. The van der Waals surface area contributed by atoms with Crippen LogP contribution in [0.2, 0.25) is 0 Å². The van der Waals surface area contributed by atoms with Crippen LogP contribution in [-0.2, 0) is 27.4 Å². The van der Waals surface area contributed by atoms with E-state index in [1.807, 2.05) is 0 Å². The van der Waals surface area contributed by atoms with Crippen LogP contribution in [0.3, 0.4) is 0 Å². The first-order valence-corrected chi connectivity index (χ1v) is 9.48. The molecule has 2 rings (SSSR count). The number of benzene rings is 2. The largest absolute Gasteiger partial charge is 0.481 e. The summed E-state index contributed by atoms with van der Waals surface area (Å²) >= 11 is 0. The molecule has 6 nitrogen and oxygen atoms in total. The number of aryl methyl sites for hydroxylation is 1. The highest BCUT2D eigenvalue weighted by Gasteiger charge is 2.30. The normalized spacial score (nSPS) is 12.0. The summed E-state index contributed by atoms with van der Waals surface area (Å²) in [5.41, 5.74) is -0.0519. The van der Waals surface area contributed by atoms with Gasteiger partial charge in [-0.05, 0) is 36.2 Å². The topological polar surface area (TPSA) is 101 Å². The second-order valence-electron chi connectivity index (χ2n) is 5.86. The second kappa shape index (κ2) is 8.53. The lowest BCUT2D eigenvalue weighted by Gasteiger charge is -2.09. The maximum atomic E-state index is 12.5. The molecule has 0 unspecified atom stereocenters. The van der Waals surface area contributed by atoms with E-state index >= 15 is 0 Å². The van der Waals surface area contributed by atoms with Crippen molar-refractivity contribution in [2.24, 2.45) is 0 Å². The zero-order chi connectivity index (χ0) is 20.9. The van der Waals surface area contributed by atoms with Crippen molar-refractivity contribution >= 4 is 21.8 Å². The molecule has 28 heavy (non-hydrogen) atoms. The van der Waals surface area contributed by atoms with Gasteiger partial charge >= 0.3 is 12.1 Å². The van der Waals surface area contributed by atoms with Crippen LogP contribution < -0.4 is 4.72 Å². The highest BCUT2D eigenvalue weighted by Crippen LogP contribution is 2.29.